The summed E-state index contributed by atoms with van der Waals surface area (Å²) in [6, 6.07) is 18.5. The van der Waals surface area contributed by atoms with Crippen molar-refractivity contribution in [2.24, 2.45) is 0 Å². The van der Waals surface area contributed by atoms with Crippen LogP contribution >= 0.6 is 11.3 Å². The summed E-state index contributed by atoms with van der Waals surface area (Å²) in [5.74, 6) is -1.64. The number of pyridine rings is 1. The average Bonchev–Trinajstić information content (AvgIpc) is 3.40. The van der Waals surface area contributed by atoms with E-state index in [1.807, 2.05) is 29.1 Å². The number of imidazole rings is 1. The quantitative estimate of drug-likeness (QED) is 0.363. The first-order valence-corrected chi connectivity index (χ1v) is 9.96. The van der Waals surface area contributed by atoms with Crippen LogP contribution in [-0.4, -0.2) is 14.5 Å². The molecule has 1 aromatic heterocycles. The number of benzene rings is 2. The third-order valence-electron chi connectivity index (χ3n) is 4.74. The van der Waals surface area contributed by atoms with Gasteiger partial charge >= 0.3 is 0 Å². The summed E-state index contributed by atoms with van der Waals surface area (Å²) in [5.41, 5.74) is 3.71. The zero-order chi connectivity index (χ0) is 19.8. The van der Waals surface area contributed by atoms with Crippen LogP contribution in [0.2, 0.25) is 0 Å². The molecule has 0 radical (unpaired) electrons. The van der Waals surface area contributed by atoms with Gasteiger partial charge in [-0.3, -0.25) is 0 Å². The topological polar surface area (TPSA) is 30.7 Å². The fourth-order valence-corrected chi connectivity index (χ4v) is 4.01. The van der Waals surface area contributed by atoms with Crippen LogP contribution in [0.4, 0.5) is 8.78 Å². The highest BCUT2D eigenvalue weighted by Crippen LogP contribution is 2.28. The Labute approximate surface area is 170 Å². The van der Waals surface area contributed by atoms with E-state index in [2.05, 4.69) is 45.7 Å². The lowest BCUT2D eigenvalue weighted by atomic mass is 10.1. The molecule has 0 fully saturated rings. The number of hydrogen-bond donors (Lipinski definition) is 0. The molecule has 5 rings (SSSR count). The fraction of sp³-hybridized carbons (Fsp3) is 0.0435. The van der Waals surface area contributed by atoms with Crippen molar-refractivity contribution in [3.8, 4) is 33.2 Å². The number of thiophene rings is 1. The highest BCUT2D eigenvalue weighted by molar-refractivity contribution is 7.13. The van der Waals surface area contributed by atoms with Crippen molar-refractivity contribution < 1.29 is 8.78 Å². The van der Waals surface area contributed by atoms with Crippen LogP contribution in [0.15, 0.2) is 78.4 Å². The zero-order valence-electron chi connectivity index (χ0n) is 15.2. The molecule has 29 heavy (non-hydrogen) atoms. The van der Waals surface area contributed by atoms with E-state index in [1.165, 1.54) is 22.6 Å². The van der Waals surface area contributed by atoms with E-state index >= 15 is 0 Å². The molecule has 0 saturated carbocycles. The van der Waals surface area contributed by atoms with Gasteiger partial charge < -0.3 is 4.57 Å². The second kappa shape index (κ2) is 7.22. The number of hydrogen-bond acceptors (Lipinski definition) is 3. The first-order chi connectivity index (χ1) is 14.2. The Morgan fingerprint density at radius 2 is 1.69 bits per heavy atom. The summed E-state index contributed by atoms with van der Waals surface area (Å²) in [6.45, 7) is 0.678. The minimum absolute atomic E-state index is 0.0666. The highest BCUT2D eigenvalue weighted by atomic mass is 32.1. The van der Waals surface area contributed by atoms with Crippen molar-refractivity contribution >= 4 is 11.3 Å². The first kappa shape index (κ1) is 17.7. The minimum Gasteiger partial charge on any atom is -0.348 e. The number of fused-ring (bicyclic) bond motifs is 1. The van der Waals surface area contributed by atoms with E-state index in [-0.39, 0.29) is 11.4 Å². The molecule has 2 aromatic carbocycles. The van der Waals surface area contributed by atoms with E-state index < -0.39 is 11.6 Å². The Hall–Kier alpha value is -3.38. The minimum atomic E-state index is -0.929. The maximum absolute atomic E-state index is 14.1. The summed E-state index contributed by atoms with van der Waals surface area (Å²) < 4.78 is 29.6. The van der Waals surface area contributed by atoms with Crippen LogP contribution in [0.5, 0.6) is 0 Å². The largest absolute Gasteiger partial charge is 0.348 e. The van der Waals surface area contributed by atoms with Gasteiger partial charge in [0, 0.05) is 23.8 Å². The molecule has 3 nitrogen and oxygen atoms in total. The van der Waals surface area contributed by atoms with E-state index in [9.17, 15) is 8.78 Å². The van der Waals surface area contributed by atoms with Gasteiger partial charge in [0.2, 0.25) is 0 Å². The van der Waals surface area contributed by atoms with E-state index in [0.29, 0.717) is 17.9 Å². The Morgan fingerprint density at radius 1 is 0.862 bits per heavy atom. The van der Waals surface area contributed by atoms with Crippen LogP contribution in [0.25, 0.3) is 33.2 Å². The maximum atomic E-state index is 14.1. The average molecular weight is 403 g/mol. The van der Waals surface area contributed by atoms with Gasteiger partial charge in [-0.1, -0.05) is 36.4 Å². The lowest BCUT2D eigenvalue weighted by molar-refractivity contribution is 0.510. The van der Waals surface area contributed by atoms with Gasteiger partial charge in [0.15, 0.2) is 17.5 Å². The zero-order valence-corrected chi connectivity index (χ0v) is 16.0. The molecule has 0 aliphatic carbocycles. The summed E-state index contributed by atoms with van der Waals surface area (Å²) in [5, 5.41) is 2.07. The predicted octanol–water partition coefficient (Wildman–Crippen LogP) is 6.10. The molecule has 142 valence electrons. The van der Waals surface area contributed by atoms with Crippen LogP contribution < -0.4 is 0 Å². The molecule has 0 atom stereocenters. The Morgan fingerprint density at radius 3 is 2.48 bits per heavy atom. The lowest BCUT2D eigenvalue weighted by Crippen LogP contribution is -2.00. The van der Waals surface area contributed by atoms with Gasteiger partial charge in [0.05, 0.1) is 11.3 Å². The van der Waals surface area contributed by atoms with E-state index in [4.69, 9.17) is 0 Å². The molecule has 2 aliphatic rings. The monoisotopic (exact) mass is 403 g/mol. The second-order valence-electron chi connectivity index (χ2n) is 6.71. The molecule has 0 saturated heterocycles. The van der Waals surface area contributed by atoms with Crippen molar-refractivity contribution in [1.29, 1.82) is 0 Å². The molecule has 3 aromatic rings. The number of nitrogens with zero attached hydrogens (tertiary/aromatic N) is 3. The molecule has 0 unspecified atom stereocenters. The van der Waals surface area contributed by atoms with Crippen LogP contribution in [0.1, 0.15) is 5.56 Å². The first-order valence-electron chi connectivity index (χ1n) is 9.08. The molecule has 2 aliphatic heterocycles. The SMILES string of the molecule is Fc1cccc(-c2nc3ccn(Cc4ccc(-c5cccs5)cc4)cc-3n2)c1F. The molecular formula is C23H15F2N3S. The summed E-state index contributed by atoms with van der Waals surface area (Å²) in [6.07, 6.45) is 3.78. The smallest absolute Gasteiger partial charge is 0.169 e. The van der Waals surface area contributed by atoms with Gasteiger partial charge in [0.25, 0.3) is 0 Å². The van der Waals surface area contributed by atoms with Gasteiger partial charge in [0.1, 0.15) is 5.69 Å². The second-order valence-corrected chi connectivity index (χ2v) is 7.66. The van der Waals surface area contributed by atoms with Gasteiger partial charge in [-0.05, 0) is 40.8 Å². The Bertz CT molecular complexity index is 1240. The molecule has 0 amide bonds. The van der Waals surface area contributed by atoms with E-state index in [0.717, 1.165) is 11.6 Å². The molecule has 0 N–H and O–H groups in total. The Balaban J connectivity index is 1.42. The predicted molar refractivity (Wildman–Crippen MR) is 111 cm³/mol. The van der Waals surface area contributed by atoms with Crippen LogP contribution in [0, 0.1) is 11.6 Å². The van der Waals surface area contributed by atoms with E-state index in [1.54, 1.807) is 11.3 Å². The third kappa shape index (κ3) is 3.43. The fourth-order valence-electron chi connectivity index (χ4n) is 3.28. The van der Waals surface area contributed by atoms with Crippen LogP contribution in [-0.2, 0) is 6.54 Å². The van der Waals surface area contributed by atoms with Crippen LogP contribution in [0.3, 0.4) is 0 Å². The normalized spacial score (nSPS) is 11.2. The third-order valence-corrected chi connectivity index (χ3v) is 5.66. The molecule has 0 spiro atoms. The summed E-state index contributed by atoms with van der Waals surface area (Å²) in [4.78, 5) is 9.99. The molecule has 6 heteroatoms. The number of halogens is 2. The molecule has 0 bridgehead atoms. The summed E-state index contributed by atoms with van der Waals surface area (Å²) >= 11 is 1.72. The van der Waals surface area contributed by atoms with Crippen molar-refractivity contribution in [3.05, 3.63) is 95.6 Å². The Kier molecular flexibility index (Phi) is 4.41. The molecule has 3 heterocycles. The van der Waals surface area contributed by atoms with Crippen molar-refractivity contribution in [2.75, 3.05) is 0 Å². The lowest BCUT2D eigenvalue weighted by Gasteiger charge is -2.08. The highest BCUT2D eigenvalue weighted by Gasteiger charge is 2.17. The number of rotatable bonds is 4. The molecular weight excluding hydrogens is 388 g/mol. The van der Waals surface area contributed by atoms with Gasteiger partial charge in [-0.15, -0.1) is 11.3 Å². The summed E-state index contributed by atoms with van der Waals surface area (Å²) in [7, 11) is 0. The van der Waals surface area contributed by atoms with Crippen molar-refractivity contribution in [1.82, 2.24) is 14.5 Å². The number of aromatic nitrogens is 3. The van der Waals surface area contributed by atoms with Crippen molar-refractivity contribution in [3.63, 3.8) is 0 Å². The standard InChI is InChI=1S/C23H15F2N3S/c24-18-4-1-3-17(22(18)25)23-26-19-10-11-28(14-20(19)27-23)13-15-6-8-16(9-7-15)21-5-2-12-29-21/h1-12,14H,13H2. The maximum Gasteiger partial charge on any atom is 0.169 e. The van der Waals surface area contributed by atoms with Crippen molar-refractivity contribution in [2.45, 2.75) is 6.54 Å². The van der Waals surface area contributed by atoms with Gasteiger partial charge in [-0.25, -0.2) is 18.7 Å². The van der Waals surface area contributed by atoms with Gasteiger partial charge in [-0.2, -0.15) is 0 Å².